The topological polar surface area (TPSA) is 38.7 Å². The summed E-state index contributed by atoms with van der Waals surface area (Å²) in [4.78, 5) is 0. The van der Waals surface area contributed by atoms with Crippen molar-refractivity contribution in [1.29, 1.82) is 0 Å². The molecule has 3 rings (SSSR count). The largest absolute Gasteiger partial charge is 0.486 e. The van der Waals surface area contributed by atoms with Gasteiger partial charge in [-0.3, -0.25) is 0 Å². The van der Waals surface area contributed by atoms with Gasteiger partial charge in [0, 0.05) is 0 Å². The van der Waals surface area contributed by atoms with Crippen molar-refractivity contribution in [2.24, 2.45) is 0 Å². The van der Waals surface area contributed by atoms with Crippen molar-refractivity contribution in [3.8, 4) is 22.6 Å². The van der Waals surface area contributed by atoms with E-state index >= 15 is 0 Å². The van der Waals surface area contributed by atoms with E-state index in [0.29, 0.717) is 13.2 Å². The fourth-order valence-electron chi connectivity index (χ4n) is 2.15. The van der Waals surface area contributed by atoms with E-state index in [0.717, 1.165) is 28.2 Å². The minimum atomic E-state index is 0.0324. The molecule has 0 radical (unpaired) electrons. The van der Waals surface area contributed by atoms with Crippen LogP contribution >= 0.6 is 0 Å². The Hall–Kier alpha value is -2.00. The highest BCUT2D eigenvalue weighted by Gasteiger charge is 2.13. The molecule has 3 heteroatoms. The molecule has 1 aliphatic heterocycles. The molecule has 2 aromatic rings. The van der Waals surface area contributed by atoms with Crippen molar-refractivity contribution in [3.05, 3.63) is 48.0 Å². The zero-order valence-electron chi connectivity index (χ0n) is 9.93. The molecule has 0 aromatic heterocycles. The van der Waals surface area contributed by atoms with Crippen molar-refractivity contribution in [3.63, 3.8) is 0 Å². The van der Waals surface area contributed by atoms with Gasteiger partial charge in [-0.1, -0.05) is 30.3 Å². The highest BCUT2D eigenvalue weighted by Crippen LogP contribution is 2.35. The minimum Gasteiger partial charge on any atom is -0.486 e. The summed E-state index contributed by atoms with van der Waals surface area (Å²) >= 11 is 0. The lowest BCUT2D eigenvalue weighted by molar-refractivity contribution is 0.171. The van der Waals surface area contributed by atoms with Crippen LogP contribution in [0.4, 0.5) is 0 Å². The molecule has 0 unspecified atom stereocenters. The van der Waals surface area contributed by atoms with Gasteiger partial charge in [-0.05, 0) is 28.8 Å². The molecule has 0 fully saturated rings. The van der Waals surface area contributed by atoms with Crippen LogP contribution in [0.15, 0.2) is 42.5 Å². The van der Waals surface area contributed by atoms with Gasteiger partial charge in [0.15, 0.2) is 11.5 Å². The Kier molecular flexibility index (Phi) is 2.90. The van der Waals surface area contributed by atoms with Gasteiger partial charge >= 0.3 is 0 Å². The molecule has 1 aliphatic rings. The summed E-state index contributed by atoms with van der Waals surface area (Å²) in [5.41, 5.74) is 2.97. The Morgan fingerprint density at radius 3 is 2.56 bits per heavy atom. The third kappa shape index (κ3) is 1.93. The number of hydrogen-bond donors (Lipinski definition) is 1. The molecule has 1 N–H and O–H groups in total. The van der Waals surface area contributed by atoms with E-state index in [9.17, 15) is 5.11 Å². The summed E-state index contributed by atoms with van der Waals surface area (Å²) in [6.45, 7) is 1.21. The Bertz CT molecular complexity index is 563. The first-order valence-electron chi connectivity index (χ1n) is 5.97. The quantitative estimate of drug-likeness (QED) is 0.879. The van der Waals surface area contributed by atoms with Crippen molar-refractivity contribution in [1.82, 2.24) is 0 Å². The molecule has 0 spiro atoms. The summed E-state index contributed by atoms with van der Waals surface area (Å²) in [6.07, 6.45) is 0. The van der Waals surface area contributed by atoms with E-state index in [1.165, 1.54) is 0 Å². The standard InChI is InChI=1S/C15H14O3/c16-10-12-3-1-2-4-13(12)11-5-6-14-15(9-11)18-8-7-17-14/h1-6,9,16H,7-8,10H2. The van der Waals surface area contributed by atoms with E-state index in [4.69, 9.17) is 9.47 Å². The molecule has 0 aliphatic carbocycles. The van der Waals surface area contributed by atoms with Gasteiger partial charge in [0.1, 0.15) is 13.2 Å². The van der Waals surface area contributed by atoms with Crippen LogP contribution in [0.1, 0.15) is 5.56 Å². The number of benzene rings is 2. The van der Waals surface area contributed by atoms with Crippen LogP contribution in [0.2, 0.25) is 0 Å². The summed E-state index contributed by atoms with van der Waals surface area (Å²) in [6, 6.07) is 13.7. The number of aliphatic hydroxyl groups is 1. The molecule has 18 heavy (non-hydrogen) atoms. The maximum atomic E-state index is 9.36. The first-order valence-corrected chi connectivity index (χ1v) is 5.97. The average Bonchev–Trinajstić information content (AvgIpc) is 2.46. The molecule has 3 nitrogen and oxygen atoms in total. The minimum absolute atomic E-state index is 0.0324. The molecule has 0 saturated carbocycles. The third-order valence-electron chi connectivity index (χ3n) is 3.04. The van der Waals surface area contributed by atoms with Gasteiger partial charge in [-0.25, -0.2) is 0 Å². The van der Waals surface area contributed by atoms with E-state index in [2.05, 4.69) is 0 Å². The molecule has 0 amide bonds. The van der Waals surface area contributed by atoms with Crippen LogP contribution in [0.25, 0.3) is 11.1 Å². The smallest absolute Gasteiger partial charge is 0.161 e. The predicted octanol–water partition coefficient (Wildman–Crippen LogP) is 2.62. The molecule has 2 aromatic carbocycles. The third-order valence-corrected chi connectivity index (χ3v) is 3.04. The number of hydrogen-bond acceptors (Lipinski definition) is 3. The summed E-state index contributed by atoms with van der Waals surface area (Å²) < 4.78 is 11.1. The lowest BCUT2D eigenvalue weighted by Gasteiger charge is -2.19. The first-order chi connectivity index (χ1) is 8.88. The lowest BCUT2D eigenvalue weighted by atomic mass is 10.00. The first kappa shape index (κ1) is 11.1. The Balaban J connectivity index is 2.06. The zero-order valence-corrected chi connectivity index (χ0v) is 9.93. The normalized spacial score (nSPS) is 13.4. The Morgan fingerprint density at radius 2 is 1.72 bits per heavy atom. The maximum absolute atomic E-state index is 9.36. The van der Waals surface area contributed by atoms with Gasteiger partial charge in [-0.2, -0.15) is 0 Å². The summed E-state index contributed by atoms with van der Waals surface area (Å²) in [5, 5.41) is 9.36. The van der Waals surface area contributed by atoms with Crippen LogP contribution in [0, 0.1) is 0 Å². The fourth-order valence-corrected chi connectivity index (χ4v) is 2.15. The molecule has 0 saturated heterocycles. The van der Waals surface area contributed by atoms with Crippen LogP contribution < -0.4 is 9.47 Å². The van der Waals surface area contributed by atoms with Gasteiger partial charge in [0.2, 0.25) is 0 Å². The van der Waals surface area contributed by atoms with Crippen molar-refractivity contribution < 1.29 is 14.6 Å². The van der Waals surface area contributed by atoms with Crippen molar-refractivity contribution in [2.75, 3.05) is 13.2 Å². The fraction of sp³-hybridized carbons (Fsp3) is 0.200. The molecule has 0 atom stereocenters. The second-order valence-corrected chi connectivity index (χ2v) is 4.17. The van der Waals surface area contributed by atoms with Gasteiger partial charge in [0.05, 0.1) is 6.61 Å². The van der Waals surface area contributed by atoms with Crippen LogP contribution in [-0.2, 0) is 6.61 Å². The number of fused-ring (bicyclic) bond motifs is 1. The molecular formula is C15H14O3. The van der Waals surface area contributed by atoms with Crippen LogP contribution in [-0.4, -0.2) is 18.3 Å². The average molecular weight is 242 g/mol. The molecule has 1 heterocycles. The van der Waals surface area contributed by atoms with Gasteiger partial charge < -0.3 is 14.6 Å². The second-order valence-electron chi connectivity index (χ2n) is 4.17. The molecule has 92 valence electrons. The van der Waals surface area contributed by atoms with E-state index in [1.54, 1.807) is 0 Å². The van der Waals surface area contributed by atoms with Gasteiger partial charge in [-0.15, -0.1) is 0 Å². The second kappa shape index (κ2) is 4.70. The number of ether oxygens (including phenoxy) is 2. The van der Waals surface area contributed by atoms with E-state index in [-0.39, 0.29) is 6.61 Å². The van der Waals surface area contributed by atoms with E-state index < -0.39 is 0 Å². The Labute approximate surface area is 106 Å². The monoisotopic (exact) mass is 242 g/mol. The van der Waals surface area contributed by atoms with Crippen molar-refractivity contribution >= 4 is 0 Å². The highest BCUT2D eigenvalue weighted by atomic mass is 16.6. The number of aliphatic hydroxyl groups excluding tert-OH is 1. The molecular weight excluding hydrogens is 228 g/mol. The van der Waals surface area contributed by atoms with Crippen molar-refractivity contribution in [2.45, 2.75) is 6.61 Å². The van der Waals surface area contributed by atoms with Crippen LogP contribution in [0.5, 0.6) is 11.5 Å². The van der Waals surface area contributed by atoms with E-state index in [1.807, 2.05) is 42.5 Å². The zero-order chi connectivity index (χ0) is 12.4. The maximum Gasteiger partial charge on any atom is 0.161 e. The summed E-state index contributed by atoms with van der Waals surface area (Å²) in [5.74, 6) is 1.55. The highest BCUT2D eigenvalue weighted by molar-refractivity contribution is 5.70. The lowest BCUT2D eigenvalue weighted by Crippen LogP contribution is -2.15. The van der Waals surface area contributed by atoms with Crippen LogP contribution in [0.3, 0.4) is 0 Å². The Morgan fingerprint density at radius 1 is 0.944 bits per heavy atom. The molecule has 0 bridgehead atoms. The summed E-state index contributed by atoms with van der Waals surface area (Å²) in [7, 11) is 0. The SMILES string of the molecule is OCc1ccccc1-c1ccc2c(c1)OCCO2. The number of rotatable bonds is 2. The van der Waals surface area contributed by atoms with Gasteiger partial charge in [0.25, 0.3) is 0 Å². The predicted molar refractivity (Wildman–Crippen MR) is 68.8 cm³/mol.